The zero-order chi connectivity index (χ0) is 28.1. The summed E-state index contributed by atoms with van der Waals surface area (Å²) in [7, 11) is 0. The highest BCUT2D eigenvalue weighted by atomic mass is 14.9. The Balaban J connectivity index is 1.22. The van der Waals surface area contributed by atoms with Crippen molar-refractivity contribution in [2.75, 3.05) is 0 Å². The van der Waals surface area contributed by atoms with Crippen molar-refractivity contribution in [2.24, 2.45) is 20.0 Å². The molecule has 0 saturated heterocycles. The number of rotatable bonds is 0. The molecule has 8 bridgehead atoms. The Hall–Kier alpha value is -5.76. The van der Waals surface area contributed by atoms with Crippen LogP contribution in [0.3, 0.4) is 0 Å². The summed E-state index contributed by atoms with van der Waals surface area (Å²) in [6.07, 6.45) is 8.83. The monoisotopic (exact) mass is 548 g/mol. The van der Waals surface area contributed by atoms with E-state index in [1.165, 1.54) is 0 Å². The molecule has 4 N–H and O–H groups in total. The molecule has 4 aromatic heterocycles. The smallest absolute Gasteiger partial charge is 0.0887 e. The predicted molar refractivity (Wildman–Crippen MR) is 171 cm³/mol. The third-order valence-corrected chi connectivity index (χ3v) is 6.97. The first-order valence-corrected chi connectivity index (χ1v) is 13.8. The minimum atomic E-state index is 0.736. The molecule has 0 spiro atoms. The van der Waals surface area contributed by atoms with Gasteiger partial charge in [0, 0.05) is 35.6 Å². The number of hydrogen-bond acceptors (Lipinski definition) is 4. The zero-order valence-electron chi connectivity index (χ0n) is 22.8. The van der Waals surface area contributed by atoms with Gasteiger partial charge in [0.1, 0.15) is 0 Å². The molecular formula is C34H28N8. The third kappa shape index (κ3) is 5.88. The van der Waals surface area contributed by atoms with Crippen molar-refractivity contribution in [3.05, 3.63) is 143 Å². The molecule has 0 amide bonds. The molecule has 6 aromatic rings. The molecule has 8 nitrogen and oxygen atoms in total. The highest BCUT2D eigenvalue weighted by Gasteiger charge is 2.06. The zero-order valence-corrected chi connectivity index (χ0v) is 22.8. The Morgan fingerprint density at radius 2 is 0.595 bits per heavy atom. The lowest BCUT2D eigenvalue weighted by atomic mass is 10.2. The lowest BCUT2D eigenvalue weighted by Gasteiger charge is -2.00. The Bertz CT molecular complexity index is 1680. The molecule has 7 rings (SSSR count). The Morgan fingerprint density at radius 3 is 0.857 bits per heavy atom. The van der Waals surface area contributed by atoms with Crippen LogP contribution in [-0.2, 0) is 12.8 Å². The van der Waals surface area contributed by atoms with Gasteiger partial charge in [0.2, 0.25) is 0 Å². The number of para-hydroxylation sites is 4. The van der Waals surface area contributed by atoms with Gasteiger partial charge in [-0.3, -0.25) is 20.0 Å². The molecular weight excluding hydrogens is 520 g/mol. The van der Waals surface area contributed by atoms with Crippen molar-refractivity contribution in [3.63, 3.8) is 0 Å². The van der Waals surface area contributed by atoms with Crippen LogP contribution < -0.4 is 0 Å². The Morgan fingerprint density at radius 1 is 0.333 bits per heavy atom. The topological polar surface area (TPSA) is 113 Å². The number of aromatic amines is 4. The van der Waals surface area contributed by atoms with Gasteiger partial charge < -0.3 is 19.9 Å². The van der Waals surface area contributed by atoms with E-state index in [1.54, 1.807) is 0 Å². The summed E-state index contributed by atoms with van der Waals surface area (Å²) in [6, 6.07) is 32.2. The predicted octanol–water partition coefficient (Wildman–Crippen LogP) is 7.50. The van der Waals surface area contributed by atoms with Gasteiger partial charge in [-0.05, 0) is 72.8 Å². The van der Waals surface area contributed by atoms with E-state index in [2.05, 4.69) is 44.2 Å². The lowest BCUT2D eigenvalue weighted by molar-refractivity contribution is 1.05. The molecule has 1 aliphatic heterocycles. The summed E-state index contributed by atoms with van der Waals surface area (Å²) < 4.78 is 0. The van der Waals surface area contributed by atoms with Crippen LogP contribution in [0.25, 0.3) is 0 Å². The largest absolute Gasteiger partial charge is 0.357 e. The average molecular weight is 549 g/mol. The summed E-state index contributed by atoms with van der Waals surface area (Å²) in [5.74, 6) is 0. The van der Waals surface area contributed by atoms with E-state index in [9.17, 15) is 0 Å². The molecule has 42 heavy (non-hydrogen) atoms. The minimum absolute atomic E-state index is 0.736. The number of benzene rings is 2. The molecule has 0 unspecified atom stereocenters. The van der Waals surface area contributed by atoms with Crippen LogP contribution >= 0.6 is 0 Å². The summed E-state index contributed by atoms with van der Waals surface area (Å²) in [6.45, 7) is 0. The minimum Gasteiger partial charge on any atom is -0.357 e. The van der Waals surface area contributed by atoms with Crippen LogP contribution in [0.4, 0.5) is 22.7 Å². The maximum Gasteiger partial charge on any atom is 0.0887 e. The normalized spacial score (nSPS) is 13.1. The van der Waals surface area contributed by atoms with Gasteiger partial charge in [-0.15, -0.1) is 0 Å². The summed E-state index contributed by atoms with van der Waals surface area (Å²) in [5.41, 5.74) is 11.3. The van der Waals surface area contributed by atoms with E-state index in [1.807, 2.05) is 97.7 Å². The second kappa shape index (κ2) is 11.4. The summed E-state index contributed by atoms with van der Waals surface area (Å²) in [4.78, 5) is 32.7. The molecule has 0 radical (unpaired) electrons. The fourth-order valence-corrected chi connectivity index (χ4v) is 4.88. The second-order valence-electron chi connectivity index (χ2n) is 10.1. The highest BCUT2D eigenvalue weighted by Crippen LogP contribution is 2.28. The second-order valence-corrected chi connectivity index (χ2v) is 10.1. The van der Waals surface area contributed by atoms with E-state index in [-0.39, 0.29) is 0 Å². The first-order valence-electron chi connectivity index (χ1n) is 13.8. The molecule has 5 heterocycles. The highest BCUT2D eigenvalue weighted by molar-refractivity contribution is 5.86. The van der Waals surface area contributed by atoms with Crippen LogP contribution in [0.2, 0.25) is 0 Å². The van der Waals surface area contributed by atoms with Crippen molar-refractivity contribution in [1.29, 1.82) is 0 Å². The molecule has 2 aromatic carbocycles. The van der Waals surface area contributed by atoms with Gasteiger partial charge in [0.05, 0.1) is 70.4 Å². The van der Waals surface area contributed by atoms with E-state index in [0.29, 0.717) is 0 Å². The summed E-state index contributed by atoms with van der Waals surface area (Å²) in [5, 5.41) is 0. The van der Waals surface area contributed by atoms with Gasteiger partial charge in [-0.2, -0.15) is 0 Å². The SMILES string of the molecule is C1=Nc2ccccc2N=Cc2ccc([nH]2)Cc2ccc([nH]2)C=Nc2ccccc2N=Cc2ccc([nH]2)Cc2ccc1[nH]2. The number of aromatic nitrogens is 4. The van der Waals surface area contributed by atoms with Crippen LogP contribution in [0.5, 0.6) is 0 Å². The van der Waals surface area contributed by atoms with Crippen LogP contribution in [0.1, 0.15) is 45.6 Å². The number of H-pyrrole nitrogens is 4. The van der Waals surface area contributed by atoms with Crippen molar-refractivity contribution >= 4 is 47.6 Å². The maximum atomic E-state index is 4.72. The van der Waals surface area contributed by atoms with Crippen molar-refractivity contribution in [1.82, 2.24) is 19.9 Å². The van der Waals surface area contributed by atoms with Gasteiger partial charge in [-0.1, -0.05) is 24.3 Å². The molecule has 8 heteroatoms. The van der Waals surface area contributed by atoms with Crippen LogP contribution in [0.15, 0.2) is 117 Å². The van der Waals surface area contributed by atoms with Gasteiger partial charge in [0.15, 0.2) is 0 Å². The first-order chi connectivity index (χ1) is 20.7. The number of fused-ring (bicyclic) bond motifs is 10. The molecule has 0 aliphatic carbocycles. The summed E-state index contributed by atoms with van der Waals surface area (Å²) >= 11 is 0. The molecule has 0 fully saturated rings. The molecule has 0 saturated carbocycles. The quantitative estimate of drug-likeness (QED) is 0.150. The standard InChI is InChI=1S/C34H28N8/c1-2-6-32-31(5-1)35-19-27-13-9-23(39-27)17-25-11-15-29(41-25)21-37-33-7-3-4-8-34(33)38-22-30-16-12-26(42-30)18-24-10-14-28(40-24)20-36-32/h1-16,19-22,39-42H,17-18H2. The fraction of sp³-hybridized carbons (Fsp3) is 0.0588. The fourth-order valence-electron chi connectivity index (χ4n) is 4.88. The third-order valence-electron chi connectivity index (χ3n) is 6.97. The van der Waals surface area contributed by atoms with Gasteiger partial charge in [0.25, 0.3) is 0 Å². The molecule has 204 valence electrons. The average Bonchev–Trinajstić information content (AvgIpc) is 3.83. The molecule has 0 atom stereocenters. The number of hydrogen-bond donors (Lipinski definition) is 4. The van der Waals surface area contributed by atoms with Crippen molar-refractivity contribution in [3.8, 4) is 0 Å². The van der Waals surface area contributed by atoms with Crippen LogP contribution in [-0.4, -0.2) is 44.8 Å². The van der Waals surface area contributed by atoms with Crippen molar-refractivity contribution < 1.29 is 0 Å². The Labute approximate surface area is 242 Å². The first kappa shape index (κ1) is 25.2. The van der Waals surface area contributed by atoms with E-state index in [4.69, 9.17) is 20.0 Å². The van der Waals surface area contributed by atoms with Crippen LogP contribution in [0, 0.1) is 0 Å². The Kier molecular flexibility index (Phi) is 6.84. The van der Waals surface area contributed by atoms with Crippen molar-refractivity contribution in [2.45, 2.75) is 12.8 Å². The molecule has 1 aliphatic rings. The van der Waals surface area contributed by atoms with E-state index in [0.717, 1.165) is 81.1 Å². The lowest BCUT2D eigenvalue weighted by Crippen LogP contribution is -1.91. The number of nitrogens with zero attached hydrogens (tertiary/aromatic N) is 4. The maximum absolute atomic E-state index is 4.72. The van der Waals surface area contributed by atoms with E-state index < -0.39 is 0 Å². The van der Waals surface area contributed by atoms with Gasteiger partial charge >= 0.3 is 0 Å². The number of aliphatic imine (C=N–C) groups is 4. The number of nitrogens with one attached hydrogen (secondary N) is 4. The van der Waals surface area contributed by atoms with E-state index >= 15 is 0 Å². The van der Waals surface area contributed by atoms with Gasteiger partial charge in [-0.25, -0.2) is 0 Å².